The number of nitrogens with zero attached hydrogens (tertiary/aromatic N) is 2. The van der Waals surface area contributed by atoms with E-state index < -0.39 is 0 Å². The van der Waals surface area contributed by atoms with Gasteiger partial charge >= 0.3 is 6.09 Å². The van der Waals surface area contributed by atoms with Crippen LogP contribution >= 0.6 is 11.6 Å². The third-order valence-corrected chi connectivity index (χ3v) is 8.56. The minimum atomic E-state index is -0.323. The van der Waals surface area contributed by atoms with Crippen molar-refractivity contribution in [1.29, 1.82) is 0 Å². The minimum absolute atomic E-state index is 0.187. The maximum absolute atomic E-state index is 12.2. The van der Waals surface area contributed by atoms with E-state index >= 15 is 0 Å². The number of halogens is 1. The lowest BCUT2D eigenvalue weighted by Crippen LogP contribution is -2.46. The number of amides is 1. The van der Waals surface area contributed by atoms with Crippen molar-refractivity contribution in [2.24, 2.45) is 0 Å². The lowest BCUT2D eigenvalue weighted by Gasteiger charge is -2.35. The van der Waals surface area contributed by atoms with Crippen LogP contribution in [0, 0.1) is 0 Å². The predicted molar refractivity (Wildman–Crippen MR) is 163 cm³/mol. The second-order valence-electron chi connectivity index (χ2n) is 11.3. The molecule has 2 saturated carbocycles. The van der Waals surface area contributed by atoms with Gasteiger partial charge in [0.1, 0.15) is 23.2 Å². The summed E-state index contributed by atoms with van der Waals surface area (Å²) >= 11 is 6.43. The number of hydrogen-bond acceptors (Lipinski definition) is 6. The number of rotatable bonds is 8. The first-order chi connectivity index (χ1) is 20.1. The number of nitrogens with one attached hydrogen (secondary N) is 4. The summed E-state index contributed by atoms with van der Waals surface area (Å²) in [4.78, 5) is 24.4. The van der Waals surface area contributed by atoms with E-state index in [4.69, 9.17) is 16.3 Å². The van der Waals surface area contributed by atoms with Gasteiger partial charge in [0, 0.05) is 47.5 Å². The van der Waals surface area contributed by atoms with Crippen molar-refractivity contribution in [3.63, 3.8) is 0 Å². The third-order valence-electron chi connectivity index (χ3n) is 8.37. The molecule has 1 aromatic carbocycles. The second-order valence-corrected chi connectivity index (χ2v) is 11.7. The first-order valence-corrected chi connectivity index (χ1v) is 15.1. The maximum atomic E-state index is 12.2. The molecule has 41 heavy (non-hydrogen) atoms. The molecule has 2 aliphatic rings. The molecule has 0 spiro atoms. The van der Waals surface area contributed by atoms with Gasteiger partial charge in [0.25, 0.3) is 0 Å². The Labute approximate surface area is 245 Å². The number of aromatic nitrogens is 3. The standard InChI is InChI=1S/C32H37ClN6O2/c33-29-17-22(28-19-35-31-27(28)7-4-16-34-31)18-30(39-29)37-25-12-8-23(9-13-25)36-24-10-14-26(15-11-24)38-32(40)41-20-21-5-2-1-3-6-21/h1-7,16-19,23-26,36H,8-15,20H2,(H,34,35)(H,37,39)(H,38,40)/t23-,24?,25-,26?. The number of anilines is 1. The van der Waals surface area contributed by atoms with E-state index in [0.717, 1.165) is 84.9 Å². The Bertz CT molecular complexity index is 1450. The summed E-state index contributed by atoms with van der Waals surface area (Å²) in [7, 11) is 0. The molecule has 3 heterocycles. The lowest BCUT2D eigenvalue weighted by molar-refractivity contribution is 0.131. The van der Waals surface area contributed by atoms with Gasteiger partial charge in [-0.05, 0) is 86.8 Å². The van der Waals surface area contributed by atoms with Crippen LogP contribution in [0.5, 0.6) is 0 Å². The highest BCUT2D eigenvalue weighted by Gasteiger charge is 2.27. The Balaban J connectivity index is 0.932. The Morgan fingerprint density at radius 3 is 2.37 bits per heavy atom. The number of carbonyl (C=O) groups excluding carboxylic acids is 1. The molecule has 2 aliphatic carbocycles. The number of H-pyrrole nitrogens is 1. The average molecular weight is 573 g/mol. The van der Waals surface area contributed by atoms with Gasteiger partial charge in [-0.25, -0.2) is 14.8 Å². The summed E-state index contributed by atoms with van der Waals surface area (Å²) in [5.41, 5.74) is 3.96. The predicted octanol–water partition coefficient (Wildman–Crippen LogP) is 6.83. The van der Waals surface area contributed by atoms with Crippen LogP contribution in [0.4, 0.5) is 10.6 Å². The highest BCUT2D eigenvalue weighted by molar-refractivity contribution is 6.29. The van der Waals surface area contributed by atoms with E-state index in [2.05, 4.69) is 43.0 Å². The molecule has 0 atom stereocenters. The third kappa shape index (κ3) is 7.18. The zero-order valence-electron chi connectivity index (χ0n) is 23.1. The Morgan fingerprint density at radius 2 is 1.61 bits per heavy atom. The van der Waals surface area contributed by atoms with Crippen molar-refractivity contribution in [3.8, 4) is 11.1 Å². The van der Waals surface area contributed by atoms with E-state index in [0.29, 0.717) is 29.9 Å². The number of benzene rings is 1. The van der Waals surface area contributed by atoms with E-state index in [1.54, 1.807) is 6.20 Å². The van der Waals surface area contributed by atoms with Gasteiger partial charge in [-0.2, -0.15) is 0 Å². The van der Waals surface area contributed by atoms with Crippen LogP contribution in [0.15, 0.2) is 67.0 Å². The molecule has 6 rings (SSSR count). The molecule has 2 fully saturated rings. The lowest BCUT2D eigenvalue weighted by atomic mass is 9.87. The molecule has 0 bridgehead atoms. The largest absolute Gasteiger partial charge is 0.445 e. The molecule has 4 N–H and O–H groups in total. The maximum Gasteiger partial charge on any atom is 0.407 e. The smallest absolute Gasteiger partial charge is 0.407 e. The number of pyridine rings is 2. The van der Waals surface area contributed by atoms with Crippen LogP contribution in [0.25, 0.3) is 22.2 Å². The summed E-state index contributed by atoms with van der Waals surface area (Å²) in [6.07, 6.45) is 12.0. The number of hydrogen-bond donors (Lipinski definition) is 4. The van der Waals surface area contributed by atoms with Crippen LogP contribution in [-0.4, -0.2) is 45.2 Å². The number of alkyl carbamates (subject to hydrolysis) is 1. The van der Waals surface area contributed by atoms with Crippen LogP contribution in [0.2, 0.25) is 5.15 Å². The molecule has 0 saturated heterocycles. The fourth-order valence-corrected chi connectivity index (χ4v) is 6.41. The van der Waals surface area contributed by atoms with Gasteiger partial charge in [0.15, 0.2) is 0 Å². The molecule has 8 nitrogen and oxygen atoms in total. The van der Waals surface area contributed by atoms with Crippen LogP contribution in [0.3, 0.4) is 0 Å². The first kappa shape index (κ1) is 27.5. The van der Waals surface area contributed by atoms with Crippen LogP contribution < -0.4 is 16.0 Å². The van der Waals surface area contributed by atoms with Crippen molar-refractivity contribution in [2.45, 2.75) is 82.1 Å². The zero-order chi connectivity index (χ0) is 28.0. The highest BCUT2D eigenvalue weighted by Crippen LogP contribution is 2.32. The first-order valence-electron chi connectivity index (χ1n) is 14.7. The quantitative estimate of drug-likeness (QED) is 0.173. The van der Waals surface area contributed by atoms with Crippen LogP contribution in [0.1, 0.15) is 56.9 Å². The Hall–Kier alpha value is -3.62. The molecular weight excluding hydrogens is 536 g/mol. The minimum Gasteiger partial charge on any atom is -0.445 e. The fourth-order valence-electron chi connectivity index (χ4n) is 6.20. The topological polar surface area (TPSA) is 104 Å². The van der Waals surface area contributed by atoms with E-state index in [1.165, 1.54) is 0 Å². The molecule has 0 aliphatic heterocycles. The number of ether oxygens (including phenoxy) is 1. The molecule has 214 valence electrons. The molecule has 9 heteroatoms. The van der Waals surface area contributed by atoms with Crippen molar-refractivity contribution in [3.05, 3.63) is 77.7 Å². The number of carbonyl (C=O) groups is 1. The summed E-state index contributed by atoms with van der Waals surface area (Å²) in [6.45, 7) is 0.303. The fraction of sp³-hybridized carbons (Fsp3) is 0.406. The van der Waals surface area contributed by atoms with Gasteiger partial charge in [0.05, 0.1) is 0 Å². The monoisotopic (exact) mass is 572 g/mol. The molecule has 4 aromatic rings. The molecule has 0 unspecified atom stereocenters. The van der Waals surface area contributed by atoms with Crippen LogP contribution in [-0.2, 0) is 11.3 Å². The van der Waals surface area contributed by atoms with Gasteiger partial charge in [-0.3, -0.25) is 0 Å². The summed E-state index contributed by atoms with van der Waals surface area (Å²) < 4.78 is 5.39. The van der Waals surface area contributed by atoms with E-state index in [9.17, 15) is 4.79 Å². The molecule has 0 radical (unpaired) electrons. The Kier molecular flexibility index (Phi) is 8.68. The highest BCUT2D eigenvalue weighted by atomic mass is 35.5. The van der Waals surface area contributed by atoms with Gasteiger partial charge in [-0.1, -0.05) is 41.9 Å². The summed E-state index contributed by atoms with van der Waals surface area (Å²) in [5.74, 6) is 0.815. The van der Waals surface area contributed by atoms with Crippen molar-refractivity contribution < 1.29 is 9.53 Å². The Morgan fingerprint density at radius 1 is 0.902 bits per heavy atom. The van der Waals surface area contributed by atoms with Crippen molar-refractivity contribution >= 4 is 34.5 Å². The van der Waals surface area contributed by atoms with Gasteiger partial charge < -0.3 is 25.7 Å². The van der Waals surface area contributed by atoms with E-state index in [1.807, 2.05) is 48.7 Å². The molecular formula is C32H37ClN6O2. The van der Waals surface area contributed by atoms with E-state index in [-0.39, 0.29) is 12.1 Å². The summed E-state index contributed by atoms with van der Waals surface area (Å²) in [6, 6.07) is 19.4. The average Bonchev–Trinajstić information content (AvgIpc) is 3.43. The number of fused-ring (bicyclic) bond motifs is 1. The molecule has 3 aromatic heterocycles. The SMILES string of the molecule is O=C(NC1CCC(N[C@H]2CC[C@H](Nc3cc(-c4c[nH]c5ncccc45)cc(Cl)n3)CC2)CC1)OCc1ccccc1. The molecule has 1 amide bonds. The number of aromatic amines is 1. The summed E-state index contributed by atoms with van der Waals surface area (Å²) in [5, 5.41) is 12.1. The zero-order valence-corrected chi connectivity index (χ0v) is 23.9. The van der Waals surface area contributed by atoms with Gasteiger partial charge in [0.2, 0.25) is 0 Å². The normalized spacial score (nSPS) is 22.8. The van der Waals surface area contributed by atoms with Crippen molar-refractivity contribution in [2.75, 3.05) is 5.32 Å². The van der Waals surface area contributed by atoms with Gasteiger partial charge in [-0.15, -0.1) is 0 Å². The van der Waals surface area contributed by atoms with Crippen molar-refractivity contribution in [1.82, 2.24) is 25.6 Å². The second kappa shape index (κ2) is 12.9.